The lowest BCUT2D eigenvalue weighted by molar-refractivity contribution is 0.103. The van der Waals surface area contributed by atoms with Crippen molar-refractivity contribution in [1.82, 2.24) is 10.3 Å². The summed E-state index contributed by atoms with van der Waals surface area (Å²) in [6.07, 6.45) is 3.46. The zero-order valence-electron chi connectivity index (χ0n) is 9.16. The van der Waals surface area contributed by atoms with E-state index in [0.29, 0.717) is 5.56 Å². The van der Waals surface area contributed by atoms with Crippen molar-refractivity contribution >= 4 is 5.78 Å². The van der Waals surface area contributed by atoms with E-state index in [-0.39, 0.29) is 5.78 Å². The number of aromatic amines is 1. The van der Waals surface area contributed by atoms with Gasteiger partial charge in [0.15, 0.2) is 5.78 Å². The van der Waals surface area contributed by atoms with Crippen LogP contribution in [0.15, 0.2) is 42.7 Å². The molecule has 82 valence electrons. The van der Waals surface area contributed by atoms with E-state index in [1.165, 1.54) is 5.56 Å². The summed E-state index contributed by atoms with van der Waals surface area (Å²) in [4.78, 5) is 14.8. The van der Waals surface area contributed by atoms with Crippen molar-refractivity contribution in [3.63, 3.8) is 0 Å². The Hall–Kier alpha value is -1.87. The summed E-state index contributed by atoms with van der Waals surface area (Å²) in [5.41, 5.74) is 2.59. The summed E-state index contributed by atoms with van der Waals surface area (Å²) < 4.78 is 0. The van der Waals surface area contributed by atoms with E-state index in [1.807, 2.05) is 31.3 Å². The van der Waals surface area contributed by atoms with Crippen LogP contribution in [0.4, 0.5) is 0 Å². The standard InChI is InChI=1S/C13H14N2O/c1-14-8-10-2-4-11(5-3-10)13(16)12-6-7-15-9-12/h2-7,9,14-15H,8H2,1H3. The van der Waals surface area contributed by atoms with Gasteiger partial charge >= 0.3 is 0 Å². The summed E-state index contributed by atoms with van der Waals surface area (Å²) in [6, 6.07) is 9.45. The SMILES string of the molecule is CNCc1ccc(C(=O)c2cc[nH]c2)cc1. The Labute approximate surface area is 94.5 Å². The van der Waals surface area contributed by atoms with Gasteiger partial charge in [0.1, 0.15) is 0 Å². The maximum absolute atomic E-state index is 11.9. The Morgan fingerprint density at radius 3 is 2.50 bits per heavy atom. The zero-order valence-corrected chi connectivity index (χ0v) is 9.16. The Bertz CT molecular complexity index is 457. The highest BCUT2D eigenvalue weighted by molar-refractivity contribution is 6.08. The number of H-pyrrole nitrogens is 1. The predicted octanol–water partition coefficient (Wildman–Crippen LogP) is 1.97. The van der Waals surface area contributed by atoms with E-state index in [1.54, 1.807) is 18.5 Å². The molecule has 0 amide bonds. The first-order valence-corrected chi connectivity index (χ1v) is 5.22. The predicted molar refractivity (Wildman–Crippen MR) is 63.4 cm³/mol. The molecule has 0 saturated carbocycles. The molecule has 0 aliphatic carbocycles. The highest BCUT2D eigenvalue weighted by Gasteiger charge is 2.08. The summed E-state index contributed by atoms with van der Waals surface area (Å²) in [6.45, 7) is 0.818. The van der Waals surface area contributed by atoms with E-state index in [9.17, 15) is 4.79 Å². The van der Waals surface area contributed by atoms with E-state index in [4.69, 9.17) is 0 Å². The van der Waals surface area contributed by atoms with Crippen molar-refractivity contribution in [3.05, 3.63) is 59.4 Å². The molecule has 16 heavy (non-hydrogen) atoms. The second kappa shape index (κ2) is 4.77. The number of carbonyl (C=O) groups is 1. The summed E-state index contributed by atoms with van der Waals surface area (Å²) in [7, 11) is 1.90. The molecule has 0 aliphatic heterocycles. The number of rotatable bonds is 4. The molecule has 2 aromatic rings. The topological polar surface area (TPSA) is 44.9 Å². The van der Waals surface area contributed by atoms with Crippen LogP contribution in [0, 0.1) is 0 Å². The quantitative estimate of drug-likeness (QED) is 0.764. The van der Waals surface area contributed by atoms with Gasteiger partial charge in [-0.3, -0.25) is 4.79 Å². The highest BCUT2D eigenvalue weighted by atomic mass is 16.1. The van der Waals surface area contributed by atoms with Crippen LogP contribution >= 0.6 is 0 Å². The first kappa shape index (κ1) is 10.6. The molecule has 1 aromatic heterocycles. The maximum atomic E-state index is 11.9. The Kier molecular flexibility index (Phi) is 3.17. The molecule has 0 radical (unpaired) electrons. The second-order valence-electron chi connectivity index (χ2n) is 3.66. The van der Waals surface area contributed by atoms with Gasteiger partial charge in [-0.15, -0.1) is 0 Å². The molecule has 2 rings (SSSR count). The first-order valence-electron chi connectivity index (χ1n) is 5.22. The monoisotopic (exact) mass is 214 g/mol. The van der Waals surface area contributed by atoms with Crippen LogP contribution < -0.4 is 5.32 Å². The van der Waals surface area contributed by atoms with Crippen molar-refractivity contribution in [2.75, 3.05) is 7.05 Å². The van der Waals surface area contributed by atoms with Crippen LogP contribution in [-0.4, -0.2) is 17.8 Å². The molecule has 2 N–H and O–H groups in total. The number of hydrogen-bond acceptors (Lipinski definition) is 2. The van der Waals surface area contributed by atoms with Crippen LogP contribution in [0.5, 0.6) is 0 Å². The zero-order chi connectivity index (χ0) is 11.4. The molecule has 1 aromatic carbocycles. The number of nitrogens with one attached hydrogen (secondary N) is 2. The van der Waals surface area contributed by atoms with Gasteiger partial charge in [0.25, 0.3) is 0 Å². The lowest BCUT2D eigenvalue weighted by atomic mass is 10.0. The number of benzene rings is 1. The third-order valence-corrected chi connectivity index (χ3v) is 2.46. The Balaban J connectivity index is 2.19. The summed E-state index contributed by atoms with van der Waals surface area (Å²) in [5.74, 6) is 0.0530. The summed E-state index contributed by atoms with van der Waals surface area (Å²) in [5, 5.41) is 3.07. The van der Waals surface area contributed by atoms with Crippen molar-refractivity contribution in [1.29, 1.82) is 0 Å². The van der Waals surface area contributed by atoms with Crippen LogP contribution in [0.2, 0.25) is 0 Å². The third kappa shape index (κ3) is 2.20. The van der Waals surface area contributed by atoms with Gasteiger partial charge in [-0.25, -0.2) is 0 Å². The molecule has 0 unspecified atom stereocenters. The molecule has 0 bridgehead atoms. The Morgan fingerprint density at radius 2 is 1.94 bits per heavy atom. The van der Waals surface area contributed by atoms with Gasteiger partial charge in [-0.1, -0.05) is 24.3 Å². The van der Waals surface area contributed by atoms with Gasteiger partial charge in [0, 0.05) is 30.1 Å². The van der Waals surface area contributed by atoms with Crippen molar-refractivity contribution in [2.45, 2.75) is 6.54 Å². The molecule has 0 fully saturated rings. The lowest BCUT2D eigenvalue weighted by Crippen LogP contribution is -2.05. The smallest absolute Gasteiger partial charge is 0.194 e. The molecular formula is C13H14N2O. The minimum absolute atomic E-state index is 0.0530. The highest BCUT2D eigenvalue weighted by Crippen LogP contribution is 2.10. The largest absolute Gasteiger partial charge is 0.367 e. The number of ketones is 1. The maximum Gasteiger partial charge on any atom is 0.194 e. The molecular weight excluding hydrogens is 200 g/mol. The summed E-state index contributed by atoms with van der Waals surface area (Å²) >= 11 is 0. The fraction of sp³-hybridized carbons (Fsp3) is 0.154. The van der Waals surface area contributed by atoms with Crippen LogP contribution in [0.25, 0.3) is 0 Å². The fourth-order valence-electron chi connectivity index (χ4n) is 1.61. The average Bonchev–Trinajstić information content (AvgIpc) is 2.83. The fourth-order valence-corrected chi connectivity index (χ4v) is 1.61. The van der Waals surface area contributed by atoms with Gasteiger partial charge in [0.2, 0.25) is 0 Å². The minimum atomic E-state index is 0.0530. The number of aromatic nitrogens is 1. The lowest BCUT2D eigenvalue weighted by Gasteiger charge is -2.02. The van der Waals surface area contributed by atoms with Gasteiger partial charge in [-0.05, 0) is 18.7 Å². The van der Waals surface area contributed by atoms with Gasteiger partial charge < -0.3 is 10.3 Å². The number of carbonyl (C=O) groups excluding carboxylic acids is 1. The second-order valence-corrected chi connectivity index (χ2v) is 3.66. The van der Waals surface area contributed by atoms with Crippen molar-refractivity contribution < 1.29 is 4.79 Å². The average molecular weight is 214 g/mol. The van der Waals surface area contributed by atoms with Crippen LogP contribution in [-0.2, 0) is 6.54 Å². The van der Waals surface area contributed by atoms with Crippen molar-refractivity contribution in [2.24, 2.45) is 0 Å². The van der Waals surface area contributed by atoms with Crippen LogP contribution in [0.3, 0.4) is 0 Å². The van der Waals surface area contributed by atoms with E-state index in [0.717, 1.165) is 12.1 Å². The molecule has 0 aliphatic rings. The van der Waals surface area contributed by atoms with Gasteiger partial charge in [-0.2, -0.15) is 0 Å². The van der Waals surface area contributed by atoms with E-state index in [2.05, 4.69) is 10.3 Å². The van der Waals surface area contributed by atoms with Gasteiger partial charge in [0.05, 0.1) is 0 Å². The van der Waals surface area contributed by atoms with Crippen LogP contribution in [0.1, 0.15) is 21.5 Å². The Morgan fingerprint density at radius 1 is 1.19 bits per heavy atom. The first-order chi connectivity index (χ1) is 7.81. The van der Waals surface area contributed by atoms with E-state index < -0.39 is 0 Å². The molecule has 3 nitrogen and oxygen atoms in total. The molecule has 0 spiro atoms. The number of hydrogen-bond donors (Lipinski definition) is 2. The van der Waals surface area contributed by atoms with E-state index >= 15 is 0 Å². The molecule has 3 heteroatoms. The molecule has 0 atom stereocenters. The third-order valence-electron chi connectivity index (χ3n) is 2.46. The minimum Gasteiger partial charge on any atom is -0.367 e. The molecule has 0 saturated heterocycles. The van der Waals surface area contributed by atoms with Crippen molar-refractivity contribution in [3.8, 4) is 0 Å². The normalized spacial score (nSPS) is 10.3. The molecule has 1 heterocycles.